The number of benzene rings is 4. The van der Waals surface area contributed by atoms with Gasteiger partial charge in [0.1, 0.15) is 0 Å². The molecule has 0 bridgehead atoms. The molecule has 0 fully saturated rings. The topological polar surface area (TPSA) is 38.7 Å². The maximum Gasteiger partial charge on any atom is 0.638 e. The molecule has 0 aliphatic carbocycles. The van der Waals surface area contributed by atoms with E-state index in [0.717, 1.165) is 26.7 Å². The molecular formula is C30H35BNO3+. The molecule has 0 spiro atoms. The van der Waals surface area contributed by atoms with Crippen molar-refractivity contribution in [1.29, 1.82) is 0 Å². The number of hydrogen-bond acceptors (Lipinski definition) is 3. The van der Waals surface area contributed by atoms with Gasteiger partial charge in [0, 0.05) is 0 Å². The Balaban J connectivity index is 0.000000623. The van der Waals surface area contributed by atoms with Gasteiger partial charge in [0.2, 0.25) is 0 Å². The highest BCUT2D eigenvalue weighted by molar-refractivity contribution is 6.34. The van der Waals surface area contributed by atoms with E-state index in [4.69, 9.17) is 9.31 Å². The Kier molecular flexibility index (Phi) is 9.82. The lowest BCUT2D eigenvalue weighted by Crippen LogP contribution is -2.28. The molecule has 0 saturated carbocycles. The first-order valence-electron chi connectivity index (χ1n) is 11.8. The van der Waals surface area contributed by atoms with E-state index in [1.54, 1.807) is 0 Å². The summed E-state index contributed by atoms with van der Waals surface area (Å²) in [6.07, 6.45) is -0.899. The minimum absolute atomic E-state index is 0.449. The van der Waals surface area contributed by atoms with Gasteiger partial charge in [-0.1, -0.05) is 121 Å². The van der Waals surface area contributed by atoms with E-state index in [0.29, 0.717) is 0 Å². The zero-order chi connectivity index (χ0) is 25.1. The molecule has 0 aliphatic rings. The van der Waals surface area contributed by atoms with Crippen LogP contribution in [-0.4, -0.2) is 45.0 Å². The first-order valence-corrected chi connectivity index (χ1v) is 11.8. The fourth-order valence-corrected chi connectivity index (χ4v) is 3.48. The van der Waals surface area contributed by atoms with E-state index < -0.39 is 19.5 Å². The summed E-state index contributed by atoms with van der Waals surface area (Å²) in [7, 11) is 7.08. The van der Waals surface area contributed by atoms with Crippen molar-refractivity contribution in [3.05, 3.63) is 144 Å². The second kappa shape index (κ2) is 13.0. The first-order chi connectivity index (χ1) is 16.8. The molecule has 0 amide bonds. The Hall–Kier alpha value is -3.22. The predicted octanol–water partition coefficient (Wildman–Crippen LogP) is 5.90. The lowest BCUT2D eigenvalue weighted by atomic mass is 9.98. The minimum atomic E-state index is -1.42. The second-order valence-electron chi connectivity index (χ2n) is 9.67. The van der Waals surface area contributed by atoms with Crippen molar-refractivity contribution in [3.8, 4) is 0 Å². The van der Waals surface area contributed by atoms with Crippen LogP contribution in [0.25, 0.3) is 0 Å². The normalized spacial score (nSPS) is 11.2. The Bertz CT molecular complexity index is 934. The van der Waals surface area contributed by atoms with Gasteiger partial charge >= 0.3 is 7.32 Å². The van der Waals surface area contributed by atoms with Crippen LogP contribution in [0.2, 0.25) is 0 Å². The third kappa shape index (κ3) is 9.15. The standard InChI is InChI=1S/C26H23BO3.C4H12N/c28-27(29-25(21-13-5-1-6-14-21)22-15-7-2-8-16-22)30-26(23-17-9-3-10-18-23)24-19-11-4-12-20-24;1-5(2,3)4/h1-20,25-26,28H;1-4H3/q;+1. The highest BCUT2D eigenvalue weighted by Crippen LogP contribution is 2.30. The fourth-order valence-electron chi connectivity index (χ4n) is 3.48. The van der Waals surface area contributed by atoms with E-state index in [-0.39, 0.29) is 0 Å². The molecular weight excluding hydrogens is 433 g/mol. The van der Waals surface area contributed by atoms with Crippen LogP contribution in [0, 0.1) is 0 Å². The lowest BCUT2D eigenvalue weighted by Gasteiger charge is -2.24. The molecule has 1 N–H and O–H groups in total. The molecule has 4 rings (SSSR count). The zero-order valence-electron chi connectivity index (χ0n) is 21.0. The van der Waals surface area contributed by atoms with Crippen molar-refractivity contribution in [2.45, 2.75) is 12.2 Å². The van der Waals surface area contributed by atoms with E-state index in [9.17, 15) is 5.02 Å². The molecule has 180 valence electrons. The van der Waals surface area contributed by atoms with Crippen molar-refractivity contribution < 1.29 is 18.8 Å². The van der Waals surface area contributed by atoms with E-state index in [1.807, 2.05) is 121 Å². The van der Waals surface area contributed by atoms with Crippen molar-refractivity contribution in [2.24, 2.45) is 0 Å². The molecule has 0 saturated heterocycles. The Morgan fingerprint density at radius 2 is 0.686 bits per heavy atom. The zero-order valence-corrected chi connectivity index (χ0v) is 21.0. The summed E-state index contributed by atoms with van der Waals surface area (Å²) in [5.74, 6) is 0. The van der Waals surface area contributed by atoms with Crippen molar-refractivity contribution >= 4 is 7.32 Å². The smallest absolute Gasteiger partial charge is 0.402 e. The molecule has 35 heavy (non-hydrogen) atoms. The Labute approximate surface area is 210 Å². The average molecular weight is 468 g/mol. The molecule has 4 nitrogen and oxygen atoms in total. The second-order valence-corrected chi connectivity index (χ2v) is 9.67. The quantitative estimate of drug-likeness (QED) is 0.259. The molecule has 5 heteroatoms. The van der Waals surface area contributed by atoms with Crippen LogP contribution in [0.4, 0.5) is 0 Å². The van der Waals surface area contributed by atoms with Crippen LogP contribution >= 0.6 is 0 Å². The van der Waals surface area contributed by atoms with Gasteiger partial charge in [-0.25, -0.2) is 0 Å². The summed E-state index contributed by atoms with van der Waals surface area (Å²) in [5, 5.41) is 10.8. The van der Waals surface area contributed by atoms with Crippen LogP contribution in [0.3, 0.4) is 0 Å². The molecule has 0 radical (unpaired) electrons. The van der Waals surface area contributed by atoms with Crippen LogP contribution in [0.5, 0.6) is 0 Å². The van der Waals surface area contributed by atoms with Crippen LogP contribution in [0.15, 0.2) is 121 Å². The molecule has 4 aromatic carbocycles. The average Bonchev–Trinajstić information content (AvgIpc) is 2.87. The summed E-state index contributed by atoms with van der Waals surface area (Å²) in [5.41, 5.74) is 3.79. The summed E-state index contributed by atoms with van der Waals surface area (Å²) in [6.45, 7) is 0. The highest BCUT2D eigenvalue weighted by atomic mass is 16.7. The van der Waals surface area contributed by atoms with Gasteiger partial charge in [-0.2, -0.15) is 0 Å². The predicted molar refractivity (Wildman–Crippen MR) is 144 cm³/mol. The molecule has 0 unspecified atom stereocenters. The maximum absolute atomic E-state index is 10.8. The van der Waals surface area contributed by atoms with Crippen molar-refractivity contribution in [1.82, 2.24) is 0 Å². The molecule has 0 atom stereocenters. The Morgan fingerprint density at radius 1 is 0.486 bits per heavy atom. The molecule has 0 aromatic heterocycles. The number of nitrogens with zero attached hydrogens (tertiary/aromatic N) is 1. The van der Waals surface area contributed by atoms with Crippen molar-refractivity contribution in [3.63, 3.8) is 0 Å². The number of quaternary nitrogens is 1. The number of hydrogen-bond donors (Lipinski definition) is 1. The van der Waals surface area contributed by atoms with E-state index in [2.05, 4.69) is 28.2 Å². The van der Waals surface area contributed by atoms with Crippen LogP contribution in [0.1, 0.15) is 34.5 Å². The summed E-state index contributed by atoms with van der Waals surface area (Å²) in [4.78, 5) is 0. The van der Waals surface area contributed by atoms with Crippen LogP contribution in [-0.2, 0) is 9.31 Å². The summed E-state index contributed by atoms with van der Waals surface area (Å²) < 4.78 is 13.1. The van der Waals surface area contributed by atoms with E-state index >= 15 is 0 Å². The van der Waals surface area contributed by atoms with Crippen LogP contribution < -0.4 is 0 Å². The van der Waals surface area contributed by atoms with E-state index in [1.165, 1.54) is 0 Å². The minimum Gasteiger partial charge on any atom is -0.402 e. The molecule has 4 aromatic rings. The maximum atomic E-state index is 10.8. The van der Waals surface area contributed by atoms with Gasteiger partial charge in [0.15, 0.2) is 0 Å². The lowest BCUT2D eigenvalue weighted by molar-refractivity contribution is -0.849. The largest absolute Gasteiger partial charge is 0.638 e. The van der Waals surface area contributed by atoms with Gasteiger partial charge in [0.25, 0.3) is 0 Å². The van der Waals surface area contributed by atoms with Gasteiger partial charge in [-0.3, -0.25) is 0 Å². The van der Waals surface area contributed by atoms with Gasteiger partial charge < -0.3 is 18.8 Å². The third-order valence-electron chi connectivity index (χ3n) is 4.91. The monoisotopic (exact) mass is 468 g/mol. The van der Waals surface area contributed by atoms with Crippen molar-refractivity contribution in [2.75, 3.05) is 28.2 Å². The fraction of sp³-hybridized carbons (Fsp3) is 0.200. The van der Waals surface area contributed by atoms with Gasteiger partial charge in [0.05, 0.1) is 40.4 Å². The highest BCUT2D eigenvalue weighted by Gasteiger charge is 2.29. The summed E-state index contributed by atoms with van der Waals surface area (Å²) >= 11 is 0. The first kappa shape index (κ1) is 26.4. The number of rotatable bonds is 8. The molecule has 0 aliphatic heterocycles. The third-order valence-corrected chi connectivity index (χ3v) is 4.91. The summed E-state index contributed by atoms with van der Waals surface area (Å²) in [6, 6.07) is 39.3. The van der Waals surface area contributed by atoms with Gasteiger partial charge in [-0.05, 0) is 22.3 Å². The SMILES string of the molecule is C[N+](C)(C)C.OB(OC(c1ccccc1)c1ccccc1)OC(c1ccccc1)c1ccccc1. The van der Waals surface area contributed by atoms with Gasteiger partial charge in [-0.15, -0.1) is 0 Å². The Morgan fingerprint density at radius 3 is 0.886 bits per heavy atom. The molecule has 0 heterocycles.